The first-order valence-electron chi connectivity index (χ1n) is 6.48. The van der Waals surface area contributed by atoms with Crippen molar-refractivity contribution in [1.82, 2.24) is 4.90 Å². The first-order valence-corrected chi connectivity index (χ1v) is 6.48. The van der Waals surface area contributed by atoms with E-state index in [0.717, 1.165) is 19.4 Å². The SMILES string of the molecule is CC(C)c1ccc(CC(N)CCN(C)C)cc1. The number of hydrogen-bond donors (Lipinski definition) is 1. The minimum Gasteiger partial charge on any atom is -0.327 e. The van der Waals surface area contributed by atoms with Crippen molar-refractivity contribution in [2.24, 2.45) is 5.73 Å². The molecule has 96 valence electrons. The van der Waals surface area contributed by atoms with Crippen LogP contribution in [0.1, 0.15) is 37.3 Å². The number of rotatable bonds is 6. The Labute approximate surface area is 106 Å². The minimum atomic E-state index is 0.266. The molecule has 17 heavy (non-hydrogen) atoms. The maximum atomic E-state index is 6.13. The van der Waals surface area contributed by atoms with Gasteiger partial charge >= 0.3 is 0 Å². The van der Waals surface area contributed by atoms with Gasteiger partial charge in [0.15, 0.2) is 0 Å². The summed E-state index contributed by atoms with van der Waals surface area (Å²) in [6, 6.07) is 9.13. The first-order chi connectivity index (χ1) is 7.99. The van der Waals surface area contributed by atoms with Gasteiger partial charge in [-0.15, -0.1) is 0 Å². The highest BCUT2D eigenvalue weighted by Gasteiger charge is 2.05. The van der Waals surface area contributed by atoms with Crippen molar-refractivity contribution in [3.8, 4) is 0 Å². The van der Waals surface area contributed by atoms with E-state index in [2.05, 4.69) is 57.1 Å². The maximum Gasteiger partial charge on any atom is 0.00914 e. The third kappa shape index (κ3) is 5.33. The molecule has 1 unspecified atom stereocenters. The highest BCUT2D eigenvalue weighted by molar-refractivity contribution is 5.25. The van der Waals surface area contributed by atoms with Crippen molar-refractivity contribution in [2.75, 3.05) is 20.6 Å². The van der Waals surface area contributed by atoms with E-state index < -0.39 is 0 Å². The summed E-state index contributed by atoms with van der Waals surface area (Å²) in [7, 11) is 4.17. The molecule has 0 spiro atoms. The second kappa shape index (κ2) is 6.77. The van der Waals surface area contributed by atoms with Gasteiger partial charge in [-0.1, -0.05) is 38.1 Å². The number of nitrogens with two attached hydrogens (primary N) is 1. The van der Waals surface area contributed by atoms with E-state index in [1.54, 1.807) is 0 Å². The summed E-state index contributed by atoms with van der Waals surface area (Å²) in [6.45, 7) is 5.50. The van der Waals surface area contributed by atoms with Gasteiger partial charge in [0, 0.05) is 6.04 Å². The molecule has 2 N–H and O–H groups in total. The van der Waals surface area contributed by atoms with Gasteiger partial charge in [0.2, 0.25) is 0 Å². The van der Waals surface area contributed by atoms with E-state index in [0.29, 0.717) is 5.92 Å². The Hall–Kier alpha value is -0.860. The minimum absolute atomic E-state index is 0.266. The molecule has 0 aliphatic rings. The van der Waals surface area contributed by atoms with Crippen LogP contribution in [-0.4, -0.2) is 31.6 Å². The summed E-state index contributed by atoms with van der Waals surface area (Å²) in [5.41, 5.74) is 8.87. The largest absolute Gasteiger partial charge is 0.327 e. The van der Waals surface area contributed by atoms with E-state index in [9.17, 15) is 0 Å². The molecule has 1 rings (SSSR count). The lowest BCUT2D eigenvalue weighted by molar-refractivity contribution is 0.379. The zero-order valence-corrected chi connectivity index (χ0v) is 11.6. The molecule has 1 aromatic rings. The van der Waals surface area contributed by atoms with Gasteiger partial charge in [-0.05, 0) is 50.5 Å². The van der Waals surface area contributed by atoms with Gasteiger partial charge in [-0.2, -0.15) is 0 Å². The highest BCUT2D eigenvalue weighted by Crippen LogP contribution is 2.15. The topological polar surface area (TPSA) is 29.3 Å². The Morgan fingerprint density at radius 1 is 1.12 bits per heavy atom. The van der Waals surface area contributed by atoms with Gasteiger partial charge in [-0.25, -0.2) is 0 Å². The van der Waals surface area contributed by atoms with Crippen LogP contribution in [0.15, 0.2) is 24.3 Å². The predicted molar refractivity (Wildman–Crippen MR) is 75.4 cm³/mol. The molecule has 0 saturated carbocycles. The fourth-order valence-electron chi connectivity index (χ4n) is 1.87. The average molecular weight is 234 g/mol. The van der Waals surface area contributed by atoms with E-state index in [-0.39, 0.29) is 6.04 Å². The molecule has 0 fully saturated rings. The van der Waals surface area contributed by atoms with Crippen LogP contribution in [0.25, 0.3) is 0 Å². The van der Waals surface area contributed by atoms with Crippen molar-refractivity contribution in [3.05, 3.63) is 35.4 Å². The van der Waals surface area contributed by atoms with Crippen LogP contribution in [0.5, 0.6) is 0 Å². The molecule has 0 bridgehead atoms. The fraction of sp³-hybridized carbons (Fsp3) is 0.600. The summed E-state index contributed by atoms with van der Waals surface area (Å²) in [6.07, 6.45) is 2.03. The second-order valence-corrected chi connectivity index (χ2v) is 5.45. The monoisotopic (exact) mass is 234 g/mol. The molecule has 1 atom stereocenters. The Bertz CT molecular complexity index is 314. The highest BCUT2D eigenvalue weighted by atomic mass is 15.0. The van der Waals surface area contributed by atoms with Crippen LogP contribution in [0.4, 0.5) is 0 Å². The summed E-state index contributed by atoms with van der Waals surface area (Å²) < 4.78 is 0. The molecule has 2 heteroatoms. The molecule has 0 amide bonds. The van der Waals surface area contributed by atoms with Crippen LogP contribution in [0.3, 0.4) is 0 Å². The van der Waals surface area contributed by atoms with Crippen LogP contribution in [-0.2, 0) is 6.42 Å². The molecule has 0 radical (unpaired) electrons. The molecule has 0 heterocycles. The second-order valence-electron chi connectivity index (χ2n) is 5.45. The molecule has 0 aliphatic heterocycles. The normalized spacial score (nSPS) is 13.4. The third-order valence-electron chi connectivity index (χ3n) is 3.09. The average Bonchev–Trinajstić information content (AvgIpc) is 2.27. The van der Waals surface area contributed by atoms with Crippen LogP contribution < -0.4 is 5.73 Å². The quantitative estimate of drug-likeness (QED) is 0.820. The Morgan fingerprint density at radius 2 is 1.71 bits per heavy atom. The van der Waals surface area contributed by atoms with Crippen LogP contribution >= 0.6 is 0 Å². The number of nitrogens with zero attached hydrogens (tertiary/aromatic N) is 1. The van der Waals surface area contributed by atoms with E-state index in [4.69, 9.17) is 5.73 Å². The Balaban J connectivity index is 2.45. The molecule has 0 aromatic heterocycles. The van der Waals surface area contributed by atoms with E-state index in [1.165, 1.54) is 11.1 Å². The van der Waals surface area contributed by atoms with Crippen molar-refractivity contribution in [1.29, 1.82) is 0 Å². The lowest BCUT2D eigenvalue weighted by Gasteiger charge is -2.15. The zero-order valence-electron chi connectivity index (χ0n) is 11.6. The lowest BCUT2D eigenvalue weighted by Crippen LogP contribution is -2.28. The molecule has 0 saturated heterocycles. The van der Waals surface area contributed by atoms with E-state index >= 15 is 0 Å². The van der Waals surface area contributed by atoms with Crippen LogP contribution in [0.2, 0.25) is 0 Å². The van der Waals surface area contributed by atoms with Gasteiger partial charge < -0.3 is 10.6 Å². The molecule has 1 aromatic carbocycles. The van der Waals surface area contributed by atoms with Crippen molar-refractivity contribution < 1.29 is 0 Å². The third-order valence-corrected chi connectivity index (χ3v) is 3.09. The van der Waals surface area contributed by atoms with Crippen LogP contribution in [0, 0.1) is 0 Å². The molecular formula is C15H26N2. The van der Waals surface area contributed by atoms with Gasteiger partial charge in [0.1, 0.15) is 0 Å². The van der Waals surface area contributed by atoms with Crippen molar-refractivity contribution >= 4 is 0 Å². The smallest absolute Gasteiger partial charge is 0.00914 e. The Morgan fingerprint density at radius 3 is 2.18 bits per heavy atom. The summed E-state index contributed by atoms with van der Waals surface area (Å²) in [5.74, 6) is 0.603. The van der Waals surface area contributed by atoms with E-state index in [1.807, 2.05) is 0 Å². The van der Waals surface area contributed by atoms with Gasteiger partial charge in [-0.3, -0.25) is 0 Å². The number of benzene rings is 1. The predicted octanol–water partition coefficient (Wildman–Crippen LogP) is 2.63. The molecule has 0 aliphatic carbocycles. The molecule has 2 nitrogen and oxygen atoms in total. The Kier molecular flexibility index (Phi) is 5.66. The van der Waals surface area contributed by atoms with Gasteiger partial charge in [0.25, 0.3) is 0 Å². The number of hydrogen-bond acceptors (Lipinski definition) is 2. The maximum absolute atomic E-state index is 6.13. The zero-order chi connectivity index (χ0) is 12.8. The van der Waals surface area contributed by atoms with Crippen molar-refractivity contribution in [2.45, 2.75) is 38.6 Å². The summed E-state index contributed by atoms with van der Waals surface area (Å²) >= 11 is 0. The lowest BCUT2D eigenvalue weighted by atomic mass is 9.98. The first kappa shape index (κ1) is 14.2. The fourth-order valence-corrected chi connectivity index (χ4v) is 1.87. The standard InChI is InChI=1S/C15H26N2/c1-12(2)14-7-5-13(6-8-14)11-15(16)9-10-17(3)4/h5-8,12,15H,9-11,16H2,1-4H3. The molecular weight excluding hydrogens is 208 g/mol. The van der Waals surface area contributed by atoms with Gasteiger partial charge in [0.05, 0.1) is 0 Å². The van der Waals surface area contributed by atoms with Crippen molar-refractivity contribution in [3.63, 3.8) is 0 Å². The summed E-state index contributed by atoms with van der Waals surface area (Å²) in [4.78, 5) is 2.18. The summed E-state index contributed by atoms with van der Waals surface area (Å²) in [5, 5.41) is 0.